The van der Waals surface area contributed by atoms with E-state index >= 15 is 0 Å². The van der Waals surface area contributed by atoms with Crippen LogP contribution in [0.15, 0.2) is 4.99 Å². The maximum atomic E-state index is 11.6. The van der Waals surface area contributed by atoms with Gasteiger partial charge in [-0.3, -0.25) is 4.99 Å². The summed E-state index contributed by atoms with van der Waals surface area (Å²) in [5, 5.41) is 0. The van der Waals surface area contributed by atoms with Crippen molar-refractivity contribution in [2.45, 2.75) is 26.3 Å². The number of halogens is 3. The first-order valence-electron chi connectivity index (χ1n) is 2.55. The van der Waals surface area contributed by atoms with Crippen molar-refractivity contribution < 1.29 is 8.78 Å². The summed E-state index contributed by atoms with van der Waals surface area (Å²) in [7, 11) is 0. The van der Waals surface area contributed by atoms with Gasteiger partial charge in [0.15, 0.2) is 0 Å². The third kappa shape index (κ3) is 4.51. The molecule has 0 aliphatic rings. The molecule has 0 fully saturated rings. The first kappa shape index (κ1) is 9.01. The van der Waals surface area contributed by atoms with Gasteiger partial charge in [-0.2, -0.15) is 0 Å². The summed E-state index contributed by atoms with van der Waals surface area (Å²) in [5.74, 6) is 0. The number of hydrogen-bond acceptors (Lipinski definition) is 1. The minimum Gasteiger partial charge on any atom is -0.274 e. The molecule has 4 heteroatoms. The molecule has 0 aromatic carbocycles. The van der Waals surface area contributed by atoms with Crippen molar-refractivity contribution in [3.63, 3.8) is 0 Å². The van der Waals surface area contributed by atoms with Crippen LogP contribution in [0.25, 0.3) is 0 Å². The van der Waals surface area contributed by atoms with Crippen LogP contribution in [0.2, 0.25) is 0 Å². The number of aliphatic imine (C=N–C) groups is 1. The molecule has 0 spiro atoms. The molecule has 0 amide bonds. The molecule has 9 heavy (non-hydrogen) atoms. The van der Waals surface area contributed by atoms with Crippen LogP contribution in [0.1, 0.15) is 13.8 Å². The van der Waals surface area contributed by atoms with Crippen molar-refractivity contribution in [2.24, 2.45) is 4.99 Å². The highest BCUT2D eigenvalue weighted by atomic mass is 79.9. The van der Waals surface area contributed by atoms with Gasteiger partial charge in [0.1, 0.15) is 4.62 Å². The zero-order chi connectivity index (χ0) is 7.44. The Balaban J connectivity index is 3.84. The van der Waals surface area contributed by atoms with Crippen LogP contribution in [-0.4, -0.2) is 17.1 Å². The molecular formula is C5H8BrF2N. The van der Waals surface area contributed by atoms with Gasteiger partial charge >= 0.3 is 0 Å². The van der Waals surface area contributed by atoms with E-state index in [9.17, 15) is 8.78 Å². The zero-order valence-electron chi connectivity index (χ0n) is 5.24. The third-order valence-corrected chi connectivity index (χ3v) is 1.11. The van der Waals surface area contributed by atoms with E-state index in [2.05, 4.69) is 20.9 Å². The molecule has 0 rings (SSSR count). The van der Waals surface area contributed by atoms with E-state index in [0.29, 0.717) is 0 Å². The van der Waals surface area contributed by atoms with Crippen molar-refractivity contribution in [1.29, 1.82) is 0 Å². The largest absolute Gasteiger partial charge is 0.286 e. The molecule has 0 atom stereocenters. The van der Waals surface area contributed by atoms with Gasteiger partial charge in [0.25, 0.3) is 6.43 Å². The lowest BCUT2D eigenvalue weighted by molar-refractivity contribution is 0.229. The standard InChI is InChI=1S/C5H8BrF2N/c1-3(2)9-4(6)5(7)8/h3,5H,1-2H3. The van der Waals surface area contributed by atoms with Gasteiger partial charge in [0.2, 0.25) is 0 Å². The predicted molar refractivity (Wildman–Crippen MR) is 37.5 cm³/mol. The van der Waals surface area contributed by atoms with Gasteiger partial charge in [0, 0.05) is 6.04 Å². The lowest BCUT2D eigenvalue weighted by atomic mass is 10.4. The molecule has 0 radical (unpaired) electrons. The van der Waals surface area contributed by atoms with Gasteiger partial charge in [0.05, 0.1) is 0 Å². The quantitative estimate of drug-likeness (QED) is 0.607. The molecule has 0 aliphatic carbocycles. The fourth-order valence-corrected chi connectivity index (χ4v) is 0.713. The number of hydrogen-bond donors (Lipinski definition) is 0. The summed E-state index contributed by atoms with van der Waals surface area (Å²) in [6.07, 6.45) is -2.48. The third-order valence-electron chi connectivity index (χ3n) is 0.562. The van der Waals surface area contributed by atoms with Gasteiger partial charge in [-0.25, -0.2) is 8.78 Å². The van der Waals surface area contributed by atoms with Crippen LogP contribution in [0.4, 0.5) is 8.78 Å². The summed E-state index contributed by atoms with van der Waals surface area (Å²) in [6, 6.07) is -0.0756. The SMILES string of the molecule is CC(C)N=C(Br)C(F)F. The Labute approximate surface area is 61.3 Å². The highest BCUT2D eigenvalue weighted by Crippen LogP contribution is 2.05. The Morgan fingerprint density at radius 1 is 1.44 bits per heavy atom. The van der Waals surface area contributed by atoms with Crippen LogP contribution < -0.4 is 0 Å². The number of nitrogens with zero attached hydrogens (tertiary/aromatic N) is 1. The van der Waals surface area contributed by atoms with E-state index in [1.165, 1.54) is 0 Å². The molecule has 0 unspecified atom stereocenters. The molecule has 0 saturated heterocycles. The van der Waals surface area contributed by atoms with Crippen molar-refractivity contribution in [3.8, 4) is 0 Å². The highest BCUT2D eigenvalue weighted by molar-refractivity contribution is 9.18. The summed E-state index contributed by atoms with van der Waals surface area (Å²) in [6.45, 7) is 3.48. The van der Waals surface area contributed by atoms with Gasteiger partial charge in [-0.15, -0.1) is 0 Å². The molecule has 0 heterocycles. The first-order chi connectivity index (χ1) is 4.04. The van der Waals surface area contributed by atoms with E-state index in [4.69, 9.17) is 0 Å². The molecule has 0 aromatic rings. The molecule has 54 valence electrons. The molecule has 1 nitrogen and oxygen atoms in total. The fraction of sp³-hybridized carbons (Fsp3) is 0.800. The zero-order valence-corrected chi connectivity index (χ0v) is 6.82. The molecule has 0 aromatic heterocycles. The Kier molecular flexibility index (Phi) is 3.93. The van der Waals surface area contributed by atoms with Crippen LogP contribution in [0.3, 0.4) is 0 Å². The maximum Gasteiger partial charge on any atom is 0.286 e. The Morgan fingerprint density at radius 3 is 2.00 bits per heavy atom. The van der Waals surface area contributed by atoms with E-state index in [0.717, 1.165) is 0 Å². The Hall–Kier alpha value is 0.01000. The molecule has 0 N–H and O–H groups in total. The minimum atomic E-state index is -2.48. The monoisotopic (exact) mass is 199 g/mol. The second-order valence-electron chi connectivity index (χ2n) is 1.85. The second-order valence-corrected chi connectivity index (χ2v) is 2.66. The van der Waals surface area contributed by atoms with Crippen molar-refractivity contribution >= 4 is 20.6 Å². The maximum absolute atomic E-state index is 11.6. The van der Waals surface area contributed by atoms with Crippen molar-refractivity contribution in [2.75, 3.05) is 0 Å². The lowest BCUT2D eigenvalue weighted by Gasteiger charge is -1.98. The minimum absolute atomic E-state index is 0.0756. The second kappa shape index (κ2) is 3.93. The smallest absolute Gasteiger partial charge is 0.274 e. The lowest BCUT2D eigenvalue weighted by Crippen LogP contribution is -2.04. The predicted octanol–water partition coefficient (Wildman–Crippen LogP) is 2.45. The average Bonchev–Trinajstić information content (AvgIpc) is 1.63. The summed E-state index contributed by atoms with van der Waals surface area (Å²) in [4.78, 5) is 3.56. The fourth-order valence-electron chi connectivity index (χ4n) is 0.303. The molecule has 0 bridgehead atoms. The number of alkyl halides is 2. The molecular weight excluding hydrogens is 192 g/mol. The summed E-state index contributed by atoms with van der Waals surface area (Å²) in [5.41, 5.74) is 0. The highest BCUT2D eigenvalue weighted by Gasteiger charge is 2.08. The van der Waals surface area contributed by atoms with Crippen LogP contribution in [0, 0.1) is 0 Å². The Morgan fingerprint density at radius 2 is 1.89 bits per heavy atom. The van der Waals surface area contributed by atoms with Gasteiger partial charge in [-0.05, 0) is 29.8 Å². The van der Waals surface area contributed by atoms with E-state index in [1.807, 2.05) is 0 Å². The van der Waals surface area contributed by atoms with E-state index in [-0.39, 0.29) is 10.7 Å². The summed E-state index contributed by atoms with van der Waals surface area (Å²) < 4.78 is 23.0. The van der Waals surface area contributed by atoms with Crippen LogP contribution in [-0.2, 0) is 0 Å². The Bertz CT molecular complexity index is 112. The van der Waals surface area contributed by atoms with Crippen LogP contribution >= 0.6 is 15.9 Å². The summed E-state index contributed by atoms with van der Waals surface area (Å²) >= 11 is 2.64. The van der Waals surface area contributed by atoms with Gasteiger partial charge < -0.3 is 0 Å². The molecule has 0 saturated carbocycles. The molecule has 0 aliphatic heterocycles. The van der Waals surface area contributed by atoms with Crippen LogP contribution in [0.5, 0.6) is 0 Å². The van der Waals surface area contributed by atoms with Crippen molar-refractivity contribution in [3.05, 3.63) is 0 Å². The van der Waals surface area contributed by atoms with Gasteiger partial charge in [-0.1, -0.05) is 0 Å². The number of rotatable bonds is 2. The van der Waals surface area contributed by atoms with Crippen molar-refractivity contribution in [1.82, 2.24) is 0 Å². The topological polar surface area (TPSA) is 12.4 Å². The normalized spacial score (nSPS) is 13.4. The van der Waals surface area contributed by atoms with E-state index in [1.54, 1.807) is 13.8 Å². The van der Waals surface area contributed by atoms with E-state index < -0.39 is 6.43 Å². The first-order valence-corrected chi connectivity index (χ1v) is 3.34. The average molecular weight is 200 g/mol.